The molecule has 0 aromatic carbocycles. The van der Waals surface area contributed by atoms with E-state index >= 15 is 0 Å². The van der Waals surface area contributed by atoms with Crippen molar-refractivity contribution in [2.45, 2.75) is 12.8 Å². The molecule has 0 saturated carbocycles. The van der Waals surface area contributed by atoms with Gasteiger partial charge in [0.05, 0.1) is 10.8 Å². The molecule has 100 valence electrons. The summed E-state index contributed by atoms with van der Waals surface area (Å²) in [6, 6.07) is 3.93. The average Bonchev–Trinajstić information content (AvgIpc) is 2.98. The van der Waals surface area contributed by atoms with Crippen LogP contribution in [0, 0.1) is 5.92 Å². The van der Waals surface area contributed by atoms with E-state index in [0.717, 1.165) is 15.8 Å². The van der Waals surface area contributed by atoms with Crippen LogP contribution in [0.25, 0.3) is 9.40 Å². The van der Waals surface area contributed by atoms with Gasteiger partial charge in [0.1, 0.15) is 0 Å². The van der Waals surface area contributed by atoms with Crippen LogP contribution in [0.3, 0.4) is 0 Å². The summed E-state index contributed by atoms with van der Waals surface area (Å²) in [7, 11) is 0. The number of piperidine rings is 1. The second kappa shape index (κ2) is 4.94. The number of carboxylic acid groups (broad SMARTS) is 1. The lowest BCUT2D eigenvalue weighted by Crippen LogP contribution is -2.42. The zero-order valence-electron chi connectivity index (χ0n) is 10.2. The molecule has 4 nitrogen and oxygen atoms in total. The van der Waals surface area contributed by atoms with E-state index in [1.807, 2.05) is 17.5 Å². The third kappa shape index (κ3) is 2.37. The fraction of sp³-hybridized carbons (Fsp3) is 0.385. The molecule has 1 unspecified atom stereocenters. The van der Waals surface area contributed by atoms with Crippen LogP contribution in [0.2, 0.25) is 0 Å². The summed E-state index contributed by atoms with van der Waals surface area (Å²) in [4.78, 5) is 25.8. The number of hydrogen-bond donors (Lipinski definition) is 1. The lowest BCUT2D eigenvalue weighted by atomic mass is 9.98. The van der Waals surface area contributed by atoms with E-state index in [1.165, 1.54) is 11.3 Å². The highest BCUT2D eigenvalue weighted by molar-refractivity contribution is 7.27. The second-order valence-electron chi connectivity index (χ2n) is 4.69. The Hall–Kier alpha value is -1.40. The molecule has 0 bridgehead atoms. The highest BCUT2D eigenvalue weighted by atomic mass is 32.1. The van der Waals surface area contributed by atoms with Crippen molar-refractivity contribution in [1.82, 2.24) is 4.90 Å². The summed E-state index contributed by atoms with van der Waals surface area (Å²) in [6.07, 6.45) is 1.43. The smallest absolute Gasteiger partial charge is 0.308 e. The van der Waals surface area contributed by atoms with Gasteiger partial charge in [-0.15, -0.1) is 22.7 Å². The minimum atomic E-state index is -0.801. The van der Waals surface area contributed by atoms with E-state index in [1.54, 1.807) is 16.2 Å². The zero-order chi connectivity index (χ0) is 13.4. The van der Waals surface area contributed by atoms with Crippen molar-refractivity contribution in [2.75, 3.05) is 13.1 Å². The van der Waals surface area contributed by atoms with Crippen molar-refractivity contribution in [1.29, 1.82) is 0 Å². The molecular formula is C13H13NO3S2. The Bertz CT molecular complexity index is 602. The molecule has 0 spiro atoms. The molecule has 1 aliphatic heterocycles. The van der Waals surface area contributed by atoms with Crippen LogP contribution in [0.1, 0.15) is 22.5 Å². The number of carbonyl (C=O) groups is 2. The summed E-state index contributed by atoms with van der Waals surface area (Å²) in [5, 5.41) is 11.1. The van der Waals surface area contributed by atoms with Crippen LogP contribution in [0.5, 0.6) is 0 Å². The molecule has 6 heteroatoms. The van der Waals surface area contributed by atoms with Gasteiger partial charge in [0, 0.05) is 22.5 Å². The Balaban J connectivity index is 1.79. The normalized spacial score (nSPS) is 19.8. The van der Waals surface area contributed by atoms with Crippen molar-refractivity contribution < 1.29 is 14.7 Å². The lowest BCUT2D eigenvalue weighted by Gasteiger charge is -2.30. The zero-order valence-corrected chi connectivity index (χ0v) is 11.8. The average molecular weight is 295 g/mol. The number of rotatable bonds is 2. The Labute approximate surface area is 118 Å². The van der Waals surface area contributed by atoms with Crippen LogP contribution in [0.15, 0.2) is 17.5 Å². The van der Waals surface area contributed by atoms with Gasteiger partial charge >= 0.3 is 5.97 Å². The van der Waals surface area contributed by atoms with E-state index in [4.69, 9.17) is 5.11 Å². The van der Waals surface area contributed by atoms with Gasteiger partial charge in [0.15, 0.2) is 0 Å². The molecule has 0 radical (unpaired) electrons. The molecule has 2 aromatic rings. The van der Waals surface area contributed by atoms with E-state index in [9.17, 15) is 9.59 Å². The van der Waals surface area contributed by atoms with Gasteiger partial charge in [0.2, 0.25) is 0 Å². The first-order chi connectivity index (χ1) is 9.15. The third-order valence-corrected chi connectivity index (χ3v) is 5.49. The minimum absolute atomic E-state index is 0.0284. The Morgan fingerprint density at radius 2 is 2.21 bits per heavy atom. The molecule has 2 aromatic heterocycles. The van der Waals surface area contributed by atoms with E-state index < -0.39 is 11.9 Å². The molecule has 1 N–H and O–H groups in total. The van der Waals surface area contributed by atoms with Crippen LogP contribution in [-0.2, 0) is 4.79 Å². The van der Waals surface area contributed by atoms with Crippen molar-refractivity contribution in [3.63, 3.8) is 0 Å². The number of carboxylic acids is 1. The van der Waals surface area contributed by atoms with E-state index in [2.05, 4.69) is 0 Å². The summed E-state index contributed by atoms with van der Waals surface area (Å²) in [6.45, 7) is 0.994. The first-order valence-electron chi connectivity index (χ1n) is 6.14. The Morgan fingerprint density at radius 1 is 1.37 bits per heavy atom. The molecule has 1 fully saturated rings. The number of hydrogen-bond acceptors (Lipinski definition) is 4. The Kier molecular flexibility index (Phi) is 3.28. The number of nitrogens with zero attached hydrogens (tertiary/aromatic N) is 1. The molecule has 3 rings (SSSR count). The second-order valence-corrected chi connectivity index (χ2v) is 6.72. The van der Waals surface area contributed by atoms with Crippen LogP contribution in [0.4, 0.5) is 0 Å². The van der Waals surface area contributed by atoms with E-state index in [-0.39, 0.29) is 5.91 Å². The standard InChI is InChI=1S/C13H13NO3S2/c15-12(11-6-10-9(19-11)3-5-18-10)14-4-1-2-8(7-14)13(16)17/h3,5-6,8H,1-2,4,7H2,(H,16,17). The van der Waals surface area contributed by atoms with Gasteiger partial charge in [0.25, 0.3) is 5.91 Å². The fourth-order valence-corrected chi connectivity index (χ4v) is 4.47. The quantitative estimate of drug-likeness (QED) is 0.926. The van der Waals surface area contributed by atoms with Gasteiger partial charge in [-0.25, -0.2) is 0 Å². The van der Waals surface area contributed by atoms with Gasteiger partial charge in [-0.3, -0.25) is 9.59 Å². The molecule has 1 saturated heterocycles. The van der Waals surface area contributed by atoms with Crippen LogP contribution >= 0.6 is 22.7 Å². The summed E-state index contributed by atoms with van der Waals surface area (Å²) < 4.78 is 2.25. The maximum Gasteiger partial charge on any atom is 0.308 e. The van der Waals surface area contributed by atoms with Crippen molar-refractivity contribution in [3.05, 3.63) is 22.4 Å². The lowest BCUT2D eigenvalue weighted by molar-refractivity contribution is -0.143. The van der Waals surface area contributed by atoms with Crippen LogP contribution < -0.4 is 0 Å². The molecule has 1 amide bonds. The molecule has 19 heavy (non-hydrogen) atoms. The molecule has 1 atom stereocenters. The van der Waals surface area contributed by atoms with Gasteiger partial charge in [-0.05, 0) is 30.4 Å². The molecule has 0 aliphatic carbocycles. The van der Waals surface area contributed by atoms with E-state index in [0.29, 0.717) is 24.4 Å². The maximum atomic E-state index is 12.4. The molecule has 3 heterocycles. The largest absolute Gasteiger partial charge is 0.481 e. The third-order valence-electron chi connectivity index (χ3n) is 3.41. The van der Waals surface area contributed by atoms with Gasteiger partial charge in [-0.1, -0.05) is 0 Å². The van der Waals surface area contributed by atoms with Gasteiger partial charge in [-0.2, -0.15) is 0 Å². The first-order valence-corrected chi connectivity index (χ1v) is 7.84. The van der Waals surface area contributed by atoms with Crippen LogP contribution in [-0.4, -0.2) is 35.0 Å². The summed E-state index contributed by atoms with van der Waals surface area (Å²) in [5.41, 5.74) is 0. The number of aliphatic carboxylic acids is 1. The predicted molar refractivity (Wildman–Crippen MR) is 76.0 cm³/mol. The first kappa shape index (κ1) is 12.6. The number of thiophene rings is 2. The van der Waals surface area contributed by atoms with Crippen molar-refractivity contribution in [2.24, 2.45) is 5.92 Å². The number of carbonyl (C=O) groups excluding carboxylic acids is 1. The topological polar surface area (TPSA) is 57.6 Å². The fourth-order valence-electron chi connectivity index (χ4n) is 2.39. The molecular weight excluding hydrogens is 282 g/mol. The number of fused-ring (bicyclic) bond motifs is 1. The summed E-state index contributed by atoms with van der Waals surface area (Å²) >= 11 is 3.11. The van der Waals surface area contributed by atoms with Crippen molar-refractivity contribution in [3.8, 4) is 0 Å². The monoisotopic (exact) mass is 295 g/mol. The SMILES string of the molecule is O=C(O)C1CCCN(C(=O)c2cc3sccc3s2)C1. The Morgan fingerprint density at radius 3 is 2.95 bits per heavy atom. The highest BCUT2D eigenvalue weighted by Gasteiger charge is 2.29. The van der Waals surface area contributed by atoms with Gasteiger partial charge < -0.3 is 10.0 Å². The minimum Gasteiger partial charge on any atom is -0.481 e. The summed E-state index contributed by atoms with van der Waals surface area (Å²) in [5.74, 6) is -1.25. The highest BCUT2D eigenvalue weighted by Crippen LogP contribution is 2.31. The number of likely N-dealkylation sites (tertiary alicyclic amines) is 1. The van der Waals surface area contributed by atoms with Crippen molar-refractivity contribution >= 4 is 43.9 Å². The molecule has 1 aliphatic rings. The predicted octanol–water partition coefficient (Wildman–Crippen LogP) is 2.90. The maximum absolute atomic E-state index is 12.4. The number of amides is 1.